The molecule has 2 aromatic rings. The summed E-state index contributed by atoms with van der Waals surface area (Å²) in [4.78, 5) is 24.8. The lowest BCUT2D eigenvalue weighted by molar-refractivity contribution is -0.140. The van der Waals surface area contributed by atoms with Gasteiger partial charge in [-0.15, -0.1) is 0 Å². The Balaban J connectivity index is 1.66. The quantitative estimate of drug-likeness (QED) is 0.594. The average Bonchev–Trinajstić information content (AvgIpc) is 2.85. The van der Waals surface area contributed by atoms with E-state index in [1.165, 1.54) is 0 Å². The minimum Gasteiger partial charge on any atom is -0.496 e. The Labute approximate surface area is 194 Å². The lowest BCUT2D eigenvalue weighted by Crippen LogP contribution is -2.52. The van der Waals surface area contributed by atoms with E-state index in [9.17, 15) is 14.7 Å². The summed E-state index contributed by atoms with van der Waals surface area (Å²) < 4.78 is 11.4. The van der Waals surface area contributed by atoms with E-state index in [1.807, 2.05) is 49.4 Å². The second kappa shape index (κ2) is 9.30. The molecule has 0 saturated heterocycles. The normalized spacial score (nSPS) is 18.6. The van der Waals surface area contributed by atoms with E-state index in [1.54, 1.807) is 20.3 Å². The predicted molar refractivity (Wildman–Crippen MR) is 127 cm³/mol. The van der Waals surface area contributed by atoms with Gasteiger partial charge in [0.25, 0.3) is 0 Å². The molecule has 4 rings (SSSR count). The summed E-state index contributed by atoms with van der Waals surface area (Å²) in [6.07, 6.45) is 6.26. The number of carboxylic acids is 1. The number of benzene rings is 2. The monoisotopic (exact) mass is 449 g/mol. The first kappa shape index (κ1) is 22.9. The molecule has 0 heterocycles. The maximum Gasteiger partial charge on any atom is 0.326 e. The second-order valence-electron chi connectivity index (χ2n) is 8.98. The summed E-state index contributed by atoms with van der Waals surface area (Å²) in [6.45, 7) is 1.87. The molecule has 2 N–H and O–H groups in total. The third-order valence-electron chi connectivity index (χ3n) is 7.16. The standard InChI is InChI=1S/C27H31NO5/c1-17(25(26(30)31)28-22-16-23(29)27(22)12-8-5-9-13-27)19-14-20(32-2)24(21(15-19)33-3)18-10-6-4-7-11-18/h4,6-7,10-11,14-17,25,28H,5,8-9,12-13H2,1-3H3,(H,30,31)/t17?,25-/m0/s1. The van der Waals surface area contributed by atoms with E-state index < -0.39 is 23.3 Å². The van der Waals surface area contributed by atoms with E-state index in [4.69, 9.17) is 9.47 Å². The summed E-state index contributed by atoms with van der Waals surface area (Å²) in [6, 6.07) is 12.7. The molecule has 0 amide bonds. The predicted octanol–water partition coefficient (Wildman–Crippen LogP) is 4.93. The number of rotatable bonds is 8. The van der Waals surface area contributed by atoms with Gasteiger partial charge in [0.05, 0.1) is 25.2 Å². The fourth-order valence-electron chi connectivity index (χ4n) is 5.16. The molecule has 1 unspecified atom stereocenters. The molecule has 2 aromatic carbocycles. The van der Waals surface area contributed by atoms with Gasteiger partial charge >= 0.3 is 5.97 Å². The van der Waals surface area contributed by atoms with Gasteiger partial charge in [-0.05, 0) is 36.1 Å². The van der Waals surface area contributed by atoms with Crippen LogP contribution in [0.15, 0.2) is 54.2 Å². The first-order chi connectivity index (χ1) is 15.9. The molecule has 174 valence electrons. The molecule has 6 heteroatoms. The van der Waals surface area contributed by atoms with E-state index in [0.29, 0.717) is 11.5 Å². The Bertz CT molecular complexity index is 1040. The van der Waals surface area contributed by atoms with Gasteiger partial charge in [0.15, 0.2) is 5.78 Å². The third kappa shape index (κ3) is 4.10. The molecule has 2 atom stereocenters. The van der Waals surface area contributed by atoms with Gasteiger partial charge in [0.1, 0.15) is 17.5 Å². The minimum atomic E-state index is -0.959. The molecule has 6 nitrogen and oxygen atoms in total. The van der Waals surface area contributed by atoms with Crippen molar-refractivity contribution in [2.24, 2.45) is 5.41 Å². The Morgan fingerprint density at radius 2 is 1.64 bits per heavy atom. The van der Waals surface area contributed by atoms with Crippen molar-refractivity contribution >= 4 is 11.8 Å². The summed E-state index contributed by atoms with van der Waals surface area (Å²) in [5.41, 5.74) is 2.82. The number of carbonyl (C=O) groups is 2. The van der Waals surface area contributed by atoms with E-state index >= 15 is 0 Å². The number of carbonyl (C=O) groups excluding carboxylic acids is 1. The molecule has 0 radical (unpaired) electrons. The van der Waals surface area contributed by atoms with Crippen LogP contribution in [0.25, 0.3) is 11.1 Å². The van der Waals surface area contributed by atoms with Crippen molar-refractivity contribution in [1.29, 1.82) is 0 Å². The van der Waals surface area contributed by atoms with Gasteiger partial charge < -0.3 is 19.9 Å². The van der Waals surface area contributed by atoms with E-state index in [2.05, 4.69) is 5.32 Å². The van der Waals surface area contributed by atoms with Crippen LogP contribution in [0, 0.1) is 5.41 Å². The van der Waals surface area contributed by atoms with Crippen molar-refractivity contribution in [2.75, 3.05) is 14.2 Å². The van der Waals surface area contributed by atoms with Gasteiger partial charge in [0, 0.05) is 17.7 Å². The van der Waals surface area contributed by atoms with Crippen LogP contribution in [-0.2, 0) is 9.59 Å². The minimum absolute atomic E-state index is 0.122. The Hall–Kier alpha value is -3.28. The Morgan fingerprint density at radius 3 is 2.15 bits per heavy atom. The van der Waals surface area contributed by atoms with Crippen LogP contribution in [0.2, 0.25) is 0 Å². The number of nitrogens with one attached hydrogen (secondary N) is 1. The van der Waals surface area contributed by atoms with Crippen LogP contribution in [0.4, 0.5) is 0 Å². The molecule has 1 spiro atoms. The van der Waals surface area contributed by atoms with Crippen molar-refractivity contribution in [1.82, 2.24) is 5.32 Å². The second-order valence-corrected chi connectivity index (χ2v) is 8.98. The van der Waals surface area contributed by atoms with Gasteiger partial charge in [-0.1, -0.05) is 56.5 Å². The van der Waals surface area contributed by atoms with Gasteiger partial charge in [-0.25, -0.2) is 4.79 Å². The highest BCUT2D eigenvalue weighted by Gasteiger charge is 2.49. The zero-order valence-electron chi connectivity index (χ0n) is 19.4. The topological polar surface area (TPSA) is 84.9 Å². The lowest BCUT2D eigenvalue weighted by atomic mass is 9.62. The molecule has 0 bridgehead atoms. The van der Waals surface area contributed by atoms with Gasteiger partial charge in [-0.3, -0.25) is 4.79 Å². The zero-order valence-corrected chi connectivity index (χ0v) is 19.4. The van der Waals surface area contributed by atoms with Gasteiger partial charge in [-0.2, -0.15) is 0 Å². The van der Waals surface area contributed by atoms with Crippen LogP contribution in [0.5, 0.6) is 11.5 Å². The molecule has 1 saturated carbocycles. The SMILES string of the molecule is COc1cc(C(C)[C@H](NC2=CC(=O)C23CCCCC3)C(=O)O)cc(OC)c1-c1ccccc1. The molecule has 1 fully saturated rings. The molecule has 33 heavy (non-hydrogen) atoms. The maximum absolute atomic E-state index is 12.5. The summed E-state index contributed by atoms with van der Waals surface area (Å²) in [5.74, 6) is 0.00448. The van der Waals surface area contributed by atoms with E-state index in [0.717, 1.165) is 54.5 Å². The summed E-state index contributed by atoms with van der Waals surface area (Å²) in [5, 5.41) is 13.3. The van der Waals surface area contributed by atoms with Crippen LogP contribution in [0.1, 0.15) is 50.5 Å². The third-order valence-corrected chi connectivity index (χ3v) is 7.16. The molecule has 0 aliphatic heterocycles. The Morgan fingerprint density at radius 1 is 1.03 bits per heavy atom. The smallest absolute Gasteiger partial charge is 0.326 e. The van der Waals surface area contributed by atoms with E-state index in [-0.39, 0.29) is 5.78 Å². The first-order valence-electron chi connectivity index (χ1n) is 11.5. The summed E-state index contributed by atoms with van der Waals surface area (Å²) >= 11 is 0. The molecular weight excluding hydrogens is 418 g/mol. The Kier molecular flexibility index (Phi) is 6.45. The number of methoxy groups -OCH3 is 2. The fourth-order valence-corrected chi connectivity index (χ4v) is 5.16. The summed E-state index contributed by atoms with van der Waals surface area (Å²) in [7, 11) is 3.19. The van der Waals surface area contributed by atoms with Crippen molar-refractivity contribution in [3.63, 3.8) is 0 Å². The molecular formula is C27H31NO5. The van der Waals surface area contributed by atoms with Crippen LogP contribution < -0.4 is 14.8 Å². The number of ketones is 1. The van der Waals surface area contributed by atoms with Crippen molar-refractivity contribution < 1.29 is 24.2 Å². The highest BCUT2D eigenvalue weighted by Crippen LogP contribution is 2.49. The first-order valence-corrected chi connectivity index (χ1v) is 11.5. The average molecular weight is 450 g/mol. The van der Waals surface area contributed by atoms with Crippen molar-refractivity contribution in [3.8, 4) is 22.6 Å². The van der Waals surface area contributed by atoms with Gasteiger partial charge in [0.2, 0.25) is 0 Å². The largest absolute Gasteiger partial charge is 0.496 e. The van der Waals surface area contributed by atoms with Crippen LogP contribution in [-0.4, -0.2) is 37.1 Å². The molecule has 2 aliphatic carbocycles. The number of allylic oxidation sites excluding steroid dienone is 2. The maximum atomic E-state index is 12.5. The number of hydrogen-bond acceptors (Lipinski definition) is 5. The van der Waals surface area contributed by atoms with Crippen LogP contribution >= 0.6 is 0 Å². The highest BCUT2D eigenvalue weighted by atomic mass is 16.5. The highest BCUT2D eigenvalue weighted by molar-refractivity contribution is 6.05. The van der Waals surface area contributed by atoms with Crippen molar-refractivity contribution in [3.05, 3.63) is 59.8 Å². The number of carboxylic acid groups (broad SMARTS) is 1. The molecule has 0 aromatic heterocycles. The van der Waals surface area contributed by atoms with Crippen LogP contribution in [0.3, 0.4) is 0 Å². The molecule has 2 aliphatic rings. The fraction of sp³-hybridized carbons (Fsp3) is 0.407. The number of aliphatic carboxylic acids is 1. The van der Waals surface area contributed by atoms with Crippen molar-refractivity contribution in [2.45, 2.75) is 51.0 Å². The zero-order chi connectivity index (χ0) is 23.6. The lowest BCUT2D eigenvalue weighted by Gasteiger charge is -2.44. The number of hydrogen-bond donors (Lipinski definition) is 2. The number of ether oxygens (including phenoxy) is 2.